The fourth-order valence-corrected chi connectivity index (χ4v) is 2.32. The van der Waals surface area contributed by atoms with E-state index in [1.807, 2.05) is 4.90 Å². The molecule has 2 heterocycles. The van der Waals surface area contributed by atoms with Gasteiger partial charge in [0.25, 0.3) is 0 Å². The topological polar surface area (TPSA) is 71.2 Å². The fraction of sp³-hybridized carbons (Fsp3) is 0.727. The quantitative estimate of drug-likeness (QED) is 0.815. The highest BCUT2D eigenvalue weighted by Gasteiger charge is 2.24. The van der Waals surface area contributed by atoms with Crippen LogP contribution in [0.4, 0.5) is 0 Å². The lowest BCUT2D eigenvalue weighted by Crippen LogP contribution is -2.44. The van der Waals surface area contributed by atoms with Crippen LogP contribution in [-0.2, 0) is 17.9 Å². The summed E-state index contributed by atoms with van der Waals surface area (Å²) >= 11 is 0. The maximum atomic E-state index is 11.5. The predicted molar refractivity (Wildman–Crippen MR) is 61.0 cm³/mol. The van der Waals surface area contributed by atoms with Gasteiger partial charge in [0.15, 0.2) is 0 Å². The van der Waals surface area contributed by atoms with Gasteiger partial charge in [-0.2, -0.15) is 0 Å². The van der Waals surface area contributed by atoms with Crippen molar-refractivity contribution in [3.63, 3.8) is 0 Å². The summed E-state index contributed by atoms with van der Waals surface area (Å²) in [7, 11) is 0. The van der Waals surface area contributed by atoms with Gasteiger partial charge in [-0.05, 0) is 19.3 Å². The molecule has 2 rings (SSSR count). The summed E-state index contributed by atoms with van der Waals surface area (Å²) in [6.45, 7) is 3.01. The molecular formula is C11H18N4O2. The molecule has 94 valence electrons. The number of carbonyl (C=O) groups excluding carboxylic acids is 1. The summed E-state index contributed by atoms with van der Waals surface area (Å²) < 4.78 is 1.71. The van der Waals surface area contributed by atoms with E-state index in [0.717, 1.165) is 25.8 Å². The molecule has 1 atom stereocenters. The number of aromatic nitrogens is 3. The summed E-state index contributed by atoms with van der Waals surface area (Å²) in [5.74, 6) is 0.122. The van der Waals surface area contributed by atoms with E-state index in [4.69, 9.17) is 5.11 Å². The van der Waals surface area contributed by atoms with E-state index in [0.29, 0.717) is 12.2 Å². The minimum atomic E-state index is -0.0961. The van der Waals surface area contributed by atoms with Crippen molar-refractivity contribution in [1.82, 2.24) is 19.9 Å². The van der Waals surface area contributed by atoms with Crippen molar-refractivity contribution in [3.8, 4) is 0 Å². The lowest BCUT2D eigenvalue weighted by Gasteiger charge is -2.34. The van der Waals surface area contributed by atoms with Crippen LogP contribution in [0.25, 0.3) is 0 Å². The Hall–Kier alpha value is -1.43. The van der Waals surface area contributed by atoms with Crippen molar-refractivity contribution >= 4 is 5.91 Å². The van der Waals surface area contributed by atoms with Crippen molar-refractivity contribution in [1.29, 1.82) is 0 Å². The molecule has 1 amide bonds. The first-order valence-electron chi connectivity index (χ1n) is 5.98. The van der Waals surface area contributed by atoms with Gasteiger partial charge in [0.05, 0.1) is 25.4 Å². The highest BCUT2D eigenvalue weighted by atomic mass is 16.3. The van der Waals surface area contributed by atoms with Gasteiger partial charge in [-0.1, -0.05) is 5.21 Å². The number of hydrogen-bond acceptors (Lipinski definition) is 4. The average Bonchev–Trinajstić information content (AvgIpc) is 2.77. The molecule has 1 aromatic heterocycles. The highest BCUT2D eigenvalue weighted by molar-refractivity contribution is 5.73. The van der Waals surface area contributed by atoms with Crippen LogP contribution in [0.3, 0.4) is 0 Å². The van der Waals surface area contributed by atoms with Crippen LogP contribution < -0.4 is 0 Å². The second-order valence-electron chi connectivity index (χ2n) is 4.45. The van der Waals surface area contributed by atoms with Crippen LogP contribution in [0, 0.1) is 0 Å². The third-order valence-electron chi connectivity index (χ3n) is 3.18. The number of piperidine rings is 1. The average molecular weight is 238 g/mol. The van der Waals surface area contributed by atoms with Crippen molar-refractivity contribution in [2.45, 2.75) is 45.4 Å². The van der Waals surface area contributed by atoms with Crippen molar-refractivity contribution in [2.24, 2.45) is 0 Å². The summed E-state index contributed by atoms with van der Waals surface area (Å²) in [5, 5.41) is 16.7. The number of rotatable bonds is 3. The zero-order valence-electron chi connectivity index (χ0n) is 10.0. The van der Waals surface area contributed by atoms with Crippen molar-refractivity contribution < 1.29 is 9.90 Å². The molecule has 0 aliphatic carbocycles. The van der Waals surface area contributed by atoms with Crippen LogP contribution >= 0.6 is 0 Å². The third-order valence-corrected chi connectivity index (χ3v) is 3.18. The molecule has 1 unspecified atom stereocenters. The molecule has 0 saturated carbocycles. The number of hydrogen-bond donors (Lipinski definition) is 1. The highest BCUT2D eigenvalue weighted by Crippen LogP contribution is 2.18. The Kier molecular flexibility index (Phi) is 3.73. The molecule has 17 heavy (non-hydrogen) atoms. The molecule has 6 heteroatoms. The summed E-state index contributed by atoms with van der Waals surface area (Å²) in [4.78, 5) is 13.4. The minimum absolute atomic E-state index is 0.0961. The molecule has 0 bridgehead atoms. The lowest BCUT2D eigenvalue weighted by atomic mass is 10.0. The van der Waals surface area contributed by atoms with Gasteiger partial charge in [0.2, 0.25) is 5.91 Å². The molecule has 1 aliphatic heterocycles. The number of likely N-dealkylation sites (tertiary alicyclic amines) is 1. The van der Waals surface area contributed by atoms with E-state index < -0.39 is 0 Å². The van der Waals surface area contributed by atoms with E-state index in [1.54, 1.807) is 17.8 Å². The number of nitrogens with zero attached hydrogens (tertiary/aromatic N) is 4. The second-order valence-corrected chi connectivity index (χ2v) is 4.45. The Bertz CT molecular complexity index is 391. The zero-order valence-corrected chi connectivity index (χ0v) is 10.0. The molecule has 0 radical (unpaired) electrons. The van der Waals surface area contributed by atoms with Gasteiger partial charge in [-0.25, -0.2) is 0 Å². The number of aliphatic hydroxyl groups excluding tert-OH is 1. The minimum Gasteiger partial charge on any atom is -0.390 e. The summed E-state index contributed by atoms with van der Waals surface area (Å²) in [5.41, 5.74) is 0.565. The van der Waals surface area contributed by atoms with E-state index >= 15 is 0 Å². The van der Waals surface area contributed by atoms with Gasteiger partial charge >= 0.3 is 0 Å². The van der Waals surface area contributed by atoms with Crippen molar-refractivity contribution in [2.75, 3.05) is 6.54 Å². The standard InChI is InChI=1S/C11H18N4O2/c1-9(17)15-5-3-2-4-11(15)7-14-6-10(8-16)12-13-14/h6,11,16H,2-5,7-8H2,1H3. The third kappa shape index (κ3) is 2.82. The predicted octanol–water partition coefficient (Wildman–Crippen LogP) is 0.171. The molecule has 0 spiro atoms. The Morgan fingerprint density at radius 2 is 2.41 bits per heavy atom. The maximum Gasteiger partial charge on any atom is 0.219 e. The smallest absolute Gasteiger partial charge is 0.219 e. The number of aliphatic hydroxyl groups is 1. The number of amides is 1. The van der Waals surface area contributed by atoms with Gasteiger partial charge in [0.1, 0.15) is 5.69 Å². The first kappa shape index (κ1) is 12.0. The van der Waals surface area contributed by atoms with Crippen LogP contribution in [0.1, 0.15) is 31.9 Å². The van der Waals surface area contributed by atoms with E-state index in [1.165, 1.54) is 0 Å². The van der Waals surface area contributed by atoms with E-state index in [9.17, 15) is 4.79 Å². The largest absolute Gasteiger partial charge is 0.390 e. The maximum absolute atomic E-state index is 11.5. The van der Waals surface area contributed by atoms with Crippen molar-refractivity contribution in [3.05, 3.63) is 11.9 Å². The molecule has 0 aromatic carbocycles. The van der Waals surface area contributed by atoms with Crippen LogP contribution in [0.15, 0.2) is 6.20 Å². The Morgan fingerprint density at radius 3 is 3.06 bits per heavy atom. The molecular weight excluding hydrogens is 220 g/mol. The van der Waals surface area contributed by atoms with Gasteiger partial charge in [-0.15, -0.1) is 5.10 Å². The second kappa shape index (κ2) is 5.27. The Balaban J connectivity index is 2.02. The monoisotopic (exact) mass is 238 g/mol. The van der Waals surface area contributed by atoms with E-state index in [2.05, 4.69) is 10.3 Å². The van der Waals surface area contributed by atoms with E-state index in [-0.39, 0.29) is 18.6 Å². The molecule has 6 nitrogen and oxygen atoms in total. The normalized spacial score (nSPS) is 20.6. The Labute approximate surface area is 100 Å². The molecule has 1 aromatic rings. The number of carbonyl (C=O) groups is 1. The zero-order chi connectivity index (χ0) is 12.3. The first-order chi connectivity index (χ1) is 8.20. The first-order valence-corrected chi connectivity index (χ1v) is 5.98. The molecule has 1 saturated heterocycles. The molecule has 1 aliphatic rings. The molecule has 1 fully saturated rings. The summed E-state index contributed by atoms with van der Waals surface area (Å²) in [6, 6.07) is 0.203. The summed E-state index contributed by atoms with van der Waals surface area (Å²) in [6.07, 6.45) is 4.96. The van der Waals surface area contributed by atoms with Crippen LogP contribution in [0.2, 0.25) is 0 Å². The van der Waals surface area contributed by atoms with Crippen LogP contribution in [-0.4, -0.2) is 43.5 Å². The van der Waals surface area contributed by atoms with Crippen LogP contribution in [0.5, 0.6) is 0 Å². The van der Waals surface area contributed by atoms with Gasteiger partial charge < -0.3 is 10.0 Å². The Morgan fingerprint density at radius 1 is 1.59 bits per heavy atom. The fourth-order valence-electron chi connectivity index (χ4n) is 2.32. The SMILES string of the molecule is CC(=O)N1CCCCC1Cn1cc(CO)nn1. The van der Waals surface area contributed by atoms with Gasteiger partial charge in [0, 0.05) is 13.5 Å². The molecule has 1 N–H and O–H groups in total. The van der Waals surface area contributed by atoms with Gasteiger partial charge in [-0.3, -0.25) is 9.48 Å². The lowest BCUT2D eigenvalue weighted by molar-refractivity contribution is -0.132.